The number of hydrogen-bond acceptors (Lipinski definition) is 4. The molecule has 5 nitrogen and oxygen atoms in total. The van der Waals surface area contributed by atoms with E-state index in [-0.39, 0.29) is 6.09 Å². The molecule has 1 heterocycles. The zero-order valence-electron chi connectivity index (χ0n) is 13.1. The SMILES string of the molecule is COCCN(CC1CCC2OC2C1)C(=O)OC(C)(C)C. The number of fused-ring (bicyclic) bond motifs is 1. The van der Waals surface area contributed by atoms with Crippen molar-refractivity contribution < 1.29 is 19.0 Å². The summed E-state index contributed by atoms with van der Waals surface area (Å²) in [7, 11) is 1.65. The first-order chi connectivity index (χ1) is 9.39. The molecule has 3 unspecified atom stereocenters. The summed E-state index contributed by atoms with van der Waals surface area (Å²) < 4.78 is 16.1. The molecule has 1 amide bonds. The van der Waals surface area contributed by atoms with Gasteiger partial charge in [0.15, 0.2) is 0 Å². The number of rotatable bonds is 5. The minimum atomic E-state index is -0.459. The molecule has 1 aliphatic carbocycles. The number of carbonyl (C=O) groups excluding carboxylic acids is 1. The number of carbonyl (C=O) groups is 1. The van der Waals surface area contributed by atoms with Crippen molar-refractivity contribution in [2.45, 2.75) is 57.8 Å². The monoisotopic (exact) mass is 285 g/mol. The Morgan fingerprint density at radius 1 is 1.30 bits per heavy atom. The van der Waals surface area contributed by atoms with Gasteiger partial charge in [-0.1, -0.05) is 0 Å². The van der Waals surface area contributed by atoms with E-state index in [9.17, 15) is 4.79 Å². The third-order valence-electron chi connectivity index (χ3n) is 3.81. The summed E-state index contributed by atoms with van der Waals surface area (Å²) in [5.41, 5.74) is -0.459. The molecule has 1 aliphatic heterocycles. The zero-order valence-corrected chi connectivity index (χ0v) is 13.1. The molecule has 5 heteroatoms. The maximum Gasteiger partial charge on any atom is 0.410 e. The fourth-order valence-electron chi connectivity index (χ4n) is 2.75. The van der Waals surface area contributed by atoms with Crippen LogP contribution in [0.4, 0.5) is 4.79 Å². The topological polar surface area (TPSA) is 51.3 Å². The van der Waals surface area contributed by atoms with E-state index >= 15 is 0 Å². The van der Waals surface area contributed by atoms with E-state index in [1.807, 2.05) is 20.8 Å². The van der Waals surface area contributed by atoms with Crippen molar-refractivity contribution in [2.24, 2.45) is 5.92 Å². The Morgan fingerprint density at radius 2 is 2.05 bits per heavy atom. The maximum atomic E-state index is 12.2. The van der Waals surface area contributed by atoms with Crippen molar-refractivity contribution in [1.82, 2.24) is 4.90 Å². The predicted octanol–water partition coefficient (Wildman–Crippen LogP) is 2.44. The Hall–Kier alpha value is -0.810. The second kappa shape index (κ2) is 6.31. The first kappa shape index (κ1) is 15.6. The van der Waals surface area contributed by atoms with Crippen LogP contribution in [0.5, 0.6) is 0 Å². The summed E-state index contributed by atoms with van der Waals surface area (Å²) >= 11 is 0. The smallest absolute Gasteiger partial charge is 0.410 e. The number of epoxide rings is 1. The Kier molecular flexibility index (Phi) is 4.91. The van der Waals surface area contributed by atoms with Gasteiger partial charge in [-0.05, 0) is 46.0 Å². The summed E-state index contributed by atoms with van der Waals surface area (Å²) in [6.07, 6.45) is 4.02. The lowest BCUT2D eigenvalue weighted by atomic mass is 9.89. The minimum absolute atomic E-state index is 0.242. The van der Waals surface area contributed by atoms with E-state index in [4.69, 9.17) is 14.2 Å². The standard InChI is InChI=1S/C15H27NO4/c1-15(2,3)20-14(17)16(7-8-18-4)10-11-5-6-12-13(9-11)19-12/h11-13H,5-10H2,1-4H3. The Labute approximate surface area is 121 Å². The van der Waals surface area contributed by atoms with Gasteiger partial charge in [-0.2, -0.15) is 0 Å². The molecule has 0 aromatic carbocycles. The number of ether oxygens (including phenoxy) is 3. The van der Waals surface area contributed by atoms with Crippen LogP contribution in [0.15, 0.2) is 0 Å². The molecule has 2 fully saturated rings. The normalized spacial score (nSPS) is 28.7. The first-order valence-electron chi connectivity index (χ1n) is 7.51. The van der Waals surface area contributed by atoms with E-state index in [1.54, 1.807) is 12.0 Å². The van der Waals surface area contributed by atoms with E-state index in [0.29, 0.717) is 31.3 Å². The molecule has 116 valence electrons. The van der Waals surface area contributed by atoms with Gasteiger partial charge in [-0.25, -0.2) is 4.79 Å². The molecule has 0 N–H and O–H groups in total. The van der Waals surface area contributed by atoms with Gasteiger partial charge in [0.05, 0.1) is 18.8 Å². The van der Waals surface area contributed by atoms with Crippen LogP contribution in [0.2, 0.25) is 0 Å². The molecule has 20 heavy (non-hydrogen) atoms. The summed E-state index contributed by atoms with van der Waals surface area (Å²) in [5, 5.41) is 0. The molecule has 0 aromatic rings. The molecule has 0 aromatic heterocycles. The van der Waals surface area contributed by atoms with E-state index < -0.39 is 5.60 Å². The van der Waals surface area contributed by atoms with Gasteiger partial charge in [-0.3, -0.25) is 0 Å². The molecule has 1 saturated carbocycles. The average molecular weight is 285 g/mol. The molecule has 0 spiro atoms. The fraction of sp³-hybridized carbons (Fsp3) is 0.933. The zero-order chi connectivity index (χ0) is 14.8. The highest BCUT2D eigenvalue weighted by atomic mass is 16.6. The van der Waals surface area contributed by atoms with Gasteiger partial charge in [-0.15, -0.1) is 0 Å². The van der Waals surface area contributed by atoms with Crippen LogP contribution in [-0.2, 0) is 14.2 Å². The number of methoxy groups -OCH3 is 1. The van der Waals surface area contributed by atoms with Gasteiger partial charge in [0.25, 0.3) is 0 Å². The molecule has 1 saturated heterocycles. The Balaban J connectivity index is 1.86. The molecular weight excluding hydrogens is 258 g/mol. The van der Waals surface area contributed by atoms with Gasteiger partial charge in [0, 0.05) is 20.2 Å². The molecule has 2 aliphatic rings. The third kappa shape index (κ3) is 4.63. The van der Waals surface area contributed by atoms with Crippen molar-refractivity contribution in [1.29, 1.82) is 0 Å². The highest BCUT2D eigenvalue weighted by Gasteiger charge is 2.44. The summed E-state index contributed by atoms with van der Waals surface area (Å²) in [4.78, 5) is 14.0. The van der Waals surface area contributed by atoms with Crippen LogP contribution < -0.4 is 0 Å². The maximum absolute atomic E-state index is 12.2. The van der Waals surface area contributed by atoms with E-state index in [2.05, 4.69) is 0 Å². The van der Waals surface area contributed by atoms with Gasteiger partial charge in [0.2, 0.25) is 0 Å². The van der Waals surface area contributed by atoms with Crippen LogP contribution in [0.3, 0.4) is 0 Å². The second-order valence-corrected chi connectivity index (χ2v) is 6.81. The largest absolute Gasteiger partial charge is 0.444 e. The third-order valence-corrected chi connectivity index (χ3v) is 3.81. The second-order valence-electron chi connectivity index (χ2n) is 6.81. The molecule has 0 bridgehead atoms. The lowest BCUT2D eigenvalue weighted by Crippen LogP contribution is -2.42. The van der Waals surface area contributed by atoms with Crippen molar-refractivity contribution in [2.75, 3.05) is 26.8 Å². The summed E-state index contributed by atoms with van der Waals surface area (Å²) in [5.74, 6) is 0.517. The van der Waals surface area contributed by atoms with E-state index in [1.165, 1.54) is 0 Å². The molecule has 3 atom stereocenters. The van der Waals surface area contributed by atoms with Crippen molar-refractivity contribution in [3.8, 4) is 0 Å². The number of amides is 1. The Morgan fingerprint density at radius 3 is 2.65 bits per heavy atom. The molecule has 0 radical (unpaired) electrons. The van der Waals surface area contributed by atoms with Crippen LogP contribution in [0, 0.1) is 5.92 Å². The average Bonchev–Trinajstić information content (AvgIpc) is 3.10. The lowest BCUT2D eigenvalue weighted by Gasteiger charge is -2.30. The highest BCUT2D eigenvalue weighted by molar-refractivity contribution is 5.68. The Bertz CT molecular complexity index is 339. The van der Waals surface area contributed by atoms with Gasteiger partial charge < -0.3 is 19.1 Å². The van der Waals surface area contributed by atoms with Crippen molar-refractivity contribution in [3.63, 3.8) is 0 Å². The predicted molar refractivity (Wildman–Crippen MR) is 75.7 cm³/mol. The van der Waals surface area contributed by atoms with Crippen molar-refractivity contribution >= 4 is 6.09 Å². The number of nitrogens with zero attached hydrogens (tertiary/aromatic N) is 1. The summed E-state index contributed by atoms with van der Waals surface area (Å²) in [6.45, 7) is 7.53. The van der Waals surface area contributed by atoms with Crippen LogP contribution in [0.25, 0.3) is 0 Å². The minimum Gasteiger partial charge on any atom is -0.444 e. The highest BCUT2D eigenvalue weighted by Crippen LogP contribution is 2.39. The quantitative estimate of drug-likeness (QED) is 0.728. The molecule has 2 rings (SSSR count). The summed E-state index contributed by atoms with van der Waals surface area (Å²) in [6, 6.07) is 0. The van der Waals surface area contributed by atoms with Crippen LogP contribution in [0.1, 0.15) is 40.0 Å². The molecular formula is C15H27NO4. The van der Waals surface area contributed by atoms with Crippen LogP contribution in [-0.4, -0.2) is 55.6 Å². The van der Waals surface area contributed by atoms with E-state index in [0.717, 1.165) is 25.8 Å². The van der Waals surface area contributed by atoms with Crippen molar-refractivity contribution in [3.05, 3.63) is 0 Å². The lowest BCUT2D eigenvalue weighted by molar-refractivity contribution is 0.0159. The van der Waals surface area contributed by atoms with Gasteiger partial charge >= 0.3 is 6.09 Å². The van der Waals surface area contributed by atoms with Crippen LogP contribution >= 0.6 is 0 Å². The fourth-order valence-corrected chi connectivity index (χ4v) is 2.75. The first-order valence-corrected chi connectivity index (χ1v) is 7.51. The number of hydrogen-bond donors (Lipinski definition) is 0. The van der Waals surface area contributed by atoms with Gasteiger partial charge in [0.1, 0.15) is 5.60 Å².